The number of rotatable bonds is 10. The third-order valence-electron chi connectivity index (χ3n) is 3.74. The van der Waals surface area contributed by atoms with E-state index in [1.54, 1.807) is 14.2 Å². The maximum absolute atomic E-state index is 10.2. The van der Waals surface area contributed by atoms with E-state index in [1.165, 1.54) is 0 Å². The van der Waals surface area contributed by atoms with Crippen molar-refractivity contribution in [3.8, 4) is 11.5 Å². The van der Waals surface area contributed by atoms with Gasteiger partial charge in [0.2, 0.25) is 0 Å². The Balaban J connectivity index is 2.85. The van der Waals surface area contributed by atoms with Crippen molar-refractivity contribution in [1.29, 1.82) is 0 Å². The van der Waals surface area contributed by atoms with E-state index in [1.807, 2.05) is 24.3 Å². The normalized spacial score (nSPS) is 12.5. The summed E-state index contributed by atoms with van der Waals surface area (Å²) in [7, 11) is 3.29. The van der Waals surface area contributed by atoms with Crippen LogP contribution in [-0.4, -0.2) is 42.9 Å². The first-order chi connectivity index (χ1) is 10.5. The van der Waals surface area contributed by atoms with Crippen molar-refractivity contribution in [3.63, 3.8) is 0 Å². The fourth-order valence-corrected chi connectivity index (χ4v) is 2.43. The average molecular weight is 307 g/mol. The van der Waals surface area contributed by atoms with Gasteiger partial charge in [0, 0.05) is 24.7 Å². The van der Waals surface area contributed by atoms with Crippen LogP contribution in [0.5, 0.6) is 11.5 Å². The van der Waals surface area contributed by atoms with Gasteiger partial charge >= 0.3 is 0 Å². The van der Waals surface area contributed by atoms with Gasteiger partial charge in [-0.2, -0.15) is 0 Å². The molecule has 0 bridgehead atoms. The van der Waals surface area contributed by atoms with Gasteiger partial charge in [-0.15, -0.1) is 6.58 Å². The fraction of sp³-hybridized carbons (Fsp3) is 0.556. The fourth-order valence-electron chi connectivity index (χ4n) is 2.43. The molecular weight excluding hydrogens is 278 g/mol. The van der Waals surface area contributed by atoms with Gasteiger partial charge < -0.3 is 14.6 Å². The van der Waals surface area contributed by atoms with E-state index in [9.17, 15) is 5.11 Å². The Morgan fingerprint density at radius 1 is 1.27 bits per heavy atom. The van der Waals surface area contributed by atoms with Crippen LogP contribution >= 0.6 is 0 Å². The minimum atomic E-state index is -0.350. The van der Waals surface area contributed by atoms with Crippen molar-refractivity contribution in [1.82, 2.24) is 4.90 Å². The summed E-state index contributed by atoms with van der Waals surface area (Å²) in [5.41, 5.74) is 1.06. The summed E-state index contributed by atoms with van der Waals surface area (Å²) < 4.78 is 10.8. The first-order valence-electron chi connectivity index (χ1n) is 7.76. The van der Waals surface area contributed by atoms with Crippen molar-refractivity contribution >= 4 is 0 Å². The topological polar surface area (TPSA) is 41.9 Å². The van der Waals surface area contributed by atoms with E-state index >= 15 is 0 Å². The number of allylic oxidation sites excluding steroid dienone is 1. The molecule has 0 amide bonds. The van der Waals surface area contributed by atoms with Gasteiger partial charge in [0.15, 0.2) is 11.5 Å². The predicted molar refractivity (Wildman–Crippen MR) is 90.5 cm³/mol. The highest BCUT2D eigenvalue weighted by molar-refractivity contribution is 5.46. The zero-order valence-electron chi connectivity index (χ0n) is 14.2. The number of hydrogen-bond acceptors (Lipinski definition) is 4. The molecule has 0 aromatic heterocycles. The van der Waals surface area contributed by atoms with E-state index in [0.29, 0.717) is 19.1 Å². The van der Waals surface area contributed by atoms with E-state index < -0.39 is 0 Å². The molecule has 0 saturated heterocycles. The molecule has 1 atom stereocenters. The van der Waals surface area contributed by atoms with Crippen molar-refractivity contribution in [2.24, 2.45) is 0 Å². The summed E-state index contributed by atoms with van der Waals surface area (Å²) in [5.74, 6) is 1.49. The van der Waals surface area contributed by atoms with Crippen molar-refractivity contribution < 1.29 is 14.6 Å². The maximum Gasteiger partial charge on any atom is 0.165 e. The molecule has 0 fully saturated rings. The van der Waals surface area contributed by atoms with Crippen LogP contribution in [0.25, 0.3) is 0 Å². The van der Waals surface area contributed by atoms with Crippen LogP contribution in [-0.2, 0) is 6.54 Å². The Bertz CT molecular complexity index is 460. The lowest BCUT2D eigenvalue weighted by Gasteiger charge is -2.29. The standard InChI is InChI=1S/C18H29NO3/c1-6-7-10-16(20)13-19(14(2)3)12-15-9-8-11-17(21-4)18(15)22-5/h6,8-9,11,14,16,20H,1,7,10,12-13H2,2-5H3/t16-/m0/s1. The first kappa shape index (κ1) is 18.5. The van der Waals surface area contributed by atoms with E-state index in [-0.39, 0.29) is 6.10 Å². The molecule has 4 nitrogen and oxygen atoms in total. The number of benzene rings is 1. The molecule has 0 spiro atoms. The molecule has 1 aromatic rings. The molecule has 0 unspecified atom stereocenters. The molecule has 0 aliphatic heterocycles. The maximum atomic E-state index is 10.2. The Kier molecular flexibility index (Phi) is 7.99. The van der Waals surface area contributed by atoms with Gasteiger partial charge in [0.25, 0.3) is 0 Å². The molecule has 1 N–H and O–H groups in total. The molecule has 0 aliphatic rings. The molecule has 0 saturated carbocycles. The van der Waals surface area contributed by atoms with Gasteiger partial charge in [0.05, 0.1) is 20.3 Å². The number of nitrogens with zero attached hydrogens (tertiary/aromatic N) is 1. The van der Waals surface area contributed by atoms with Crippen LogP contribution in [0.15, 0.2) is 30.9 Å². The number of aliphatic hydroxyl groups is 1. The monoisotopic (exact) mass is 307 g/mol. The van der Waals surface area contributed by atoms with E-state index in [2.05, 4.69) is 25.3 Å². The highest BCUT2D eigenvalue weighted by atomic mass is 16.5. The minimum absolute atomic E-state index is 0.328. The molecule has 22 heavy (non-hydrogen) atoms. The second kappa shape index (κ2) is 9.49. The van der Waals surface area contributed by atoms with Gasteiger partial charge in [-0.3, -0.25) is 4.90 Å². The summed E-state index contributed by atoms with van der Waals surface area (Å²) in [5, 5.41) is 10.2. The molecule has 0 radical (unpaired) electrons. The van der Waals surface area contributed by atoms with Crippen molar-refractivity contribution in [3.05, 3.63) is 36.4 Å². The van der Waals surface area contributed by atoms with Crippen molar-refractivity contribution in [2.75, 3.05) is 20.8 Å². The van der Waals surface area contributed by atoms with Crippen LogP contribution in [0, 0.1) is 0 Å². The lowest BCUT2D eigenvalue weighted by atomic mass is 10.1. The Labute approximate surface area is 134 Å². The molecule has 124 valence electrons. The second-order valence-electron chi connectivity index (χ2n) is 5.70. The highest BCUT2D eigenvalue weighted by Crippen LogP contribution is 2.31. The summed E-state index contributed by atoms with van der Waals surface area (Å²) >= 11 is 0. The van der Waals surface area contributed by atoms with Gasteiger partial charge in [-0.1, -0.05) is 18.2 Å². The first-order valence-corrected chi connectivity index (χ1v) is 7.76. The van der Waals surface area contributed by atoms with Crippen LogP contribution in [0.4, 0.5) is 0 Å². The Morgan fingerprint density at radius 2 is 2.00 bits per heavy atom. The van der Waals surface area contributed by atoms with Crippen LogP contribution in [0.2, 0.25) is 0 Å². The smallest absolute Gasteiger partial charge is 0.165 e. The Morgan fingerprint density at radius 3 is 2.55 bits per heavy atom. The van der Waals surface area contributed by atoms with E-state index in [0.717, 1.165) is 29.9 Å². The zero-order chi connectivity index (χ0) is 16.5. The largest absolute Gasteiger partial charge is 0.493 e. The number of methoxy groups -OCH3 is 2. The van der Waals surface area contributed by atoms with Crippen molar-refractivity contribution in [2.45, 2.75) is 45.4 Å². The molecule has 4 heteroatoms. The minimum Gasteiger partial charge on any atom is -0.493 e. The SMILES string of the molecule is C=CCC[C@H](O)CN(Cc1cccc(OC)c1OC)C(C)C. The number of ether oxygens (including phenoxy) is 2. The molecule has 0 aliphatic carbocycles. The second-order valence-corrected chi connectivity index (χ2v) is 5.70. The van der Waals surface area contributed by atoms with Gasteiger partial charge in [-0.25, -0.2) is 0 Å². The van der Waals surface area contributed by atoms with Gasteiger partial charge in [-0.05, 0) is 32.8 Å². The number of aliphatic hydroxyl groups excluding tert-OH is 1. The summed E-state index contributed by atoms with van der Waals surface area (Å²) in [6, 6.07) is 6.21. The highest BCUT2D eigenvalue weighted by Gasteiger charge is 2.18. The van der Waals surface area contributed by atoms with Crippen LogP contribution < -0.4 is 9.47 Å². The summed E-state index contributed by atoms with van der Waals surface area (Å²) in [6.07, 6.45) is 3.06. The quantitative estimate of drug-likeness (QED) is 0.674. The molecule has 1 rings (SSSR count). The van der Waals surface area contributed by atoms with Crippen LogP contribution in [0.1, 0.15) is 32.3 Å². The van der Waals surface area contributed by atoms with Crippen LogP contribution in [0.3, 0.4) is 0 Å². The third-order valence-corrected chi connectivity index (χ3v) is 3.74. The third kappa shape index (κ3) is 5.35. The number of para-hydroxylation sites is 1. The average Bonchev–Trinajstić information content (AvgIpc) is 2.51. The summed E-state index contributed by atoms with van der Waals surface area (Å²) in [6.45, 7) is 9.31. The lowest BCUT2D eigenvalue weighted by molar-refractivity contribution is 0.0849. The zero-order valence-corrected chi connectivity index (χ0v) is 14.2. The summed E-state index contributed by atoms with van der Waals surface area (Å²) in [4.78, 5) is 2.24. The van der Waals surface area contributed by atoms with Gasteiger partial charge in [0.1, 0.15) is 0 Å². The molecule has 1 aromatic carbocycles. The Hall–Kier alpha value is -1.52. The number of hydrogen-bond donors (Lipinski definition) is 1. The lowest BCUT2D eigenvalue weighted by Crippen LogP contribution is -2.37. The molecular formula is C18H29NO3. The predicted octanol–water partition coefficient (Wildman–Crippen LogP) is 3.24. The van der Waals surface area contributed by atoms with E-state index in [4.69, 9.17) is 9.47 Å². The molecule has 0 heterocycles.